The summed E-state index contributed by atoms with van der Waals surface area (Å²) in [5.74, 6) is -1.27. The van der Waals surface area contributed by atoms with Crippen LogP contribution in [0, 0.1) is 11.3 Å². The first kappa shape index (κ1) is 28.4. The van der Waals surface area contributed by atoms with Gasteiger partial charge in [0.1, 0.15) is 12.5 Å². The monoisotopic (exact) mass is 543 g/mol. The van der Waals surface area contributed by atoms with Gasteiger partial charge in [-0.25, -0.2) is 0 Å². The summed E-state index contributed by atoms with van der Waals surface area (Å²) in [4.78, 5) is 31.2. The summed E-state index contributed by atoms with van der Waals surface area (Å²) in [6, 6.07) is 10.0. The standard InChI is InChI=1S/C30H32F3NO5/c1-6-38-28(36)25-17(2)34-21-14-29(3,4)15-22(35)27(21)26(25)19-10-11-23(24(13-19)37-5)39-16-18-8-7-9-20(12-18)30(31,32)33/h7-13,25-26H,6,14-16H2,1-5H3/t25?,26-/m0/s1. The second-order valence-electron chi connectivity index (χ2n) is 10.7. The lowest BCUT2D eigenvalue weighted by molar-refractivity contribution is -0.146. The molecular weight excluding hydrogens is 511 g/mol. The van der Waals surface area contributed by atoms with Gasteiger partial charge in [0.2, 0.25) is 0 Å². The van der Waals surface area contributed by atoms with E-state index in [0.29, 0.717) is 52.4 Å². The number of alkyl halides is 3. The Bertz CT molecular complexity index is 1340. The van der Waals surface area contributed by atoms with Crippen molar-refractivity contribution in [2.75, 3.05) is 13.7 Å². The summed E-state index contributed by atoms with van der Waals surface area (Å²) in [7, 11) is 1.45. The van der Waals surface area contributed by atoms with E-state index in [1.54, 1.807) is 38.1 Å². The van der Waals surface area contributed by atoms with E-state index in [-0.39, 0.29) is 24.4 Å². The molecule has 0 saturated carbocycles. The summed E-state index contributed by atoms with van der Waals surface area (Å²) in [6.07, 6.45) is -3.51. The van der Waals surface area contributed by atoms with Crippen LogP contribution < -0.4 is 9.47 Å². The van der Waals surface area contributed by atoms with Crippen molar-refractivity contribution in [3.8, 4) is 11.5 Å². The third-order valence-electron chi connectivity index (χ3n) is 7.04. The highest BCUT2D eigenvalue weighted by atomic mass is 19.4. The number of nitrogens with zero attached hydrogens (tertiary/aromatic N) is 1. The molecular formula is C30H32F3NO5. The van der Waals surface area contributed by atoms with Gasteiger partial charge in [-0.1, -0.05) is 32.0 Å². The number of hydrogen-bond acceptors (Lipinski definition) is 6. The summed E-state index contributed by atoms with van der Waals surface area (Å²) in [5.41, 5.74) is 1.77. The smallest absolute Gasteiger partial charge is 0.416 e. The molecule has 0 amide bonds. The van der Waals surface area contributed by atoms with Crippen LogP contribution in [0.4, 0.5) is 13.2 Å². The Balaban J connectivity index is 1.70. The second-order valence-corrected chi connectivity index (χ2v) is 10.7. The lowest BCUT2D eigenvalue weighted by atomic mass is 9.67. The van der Waals surface area contributed by atoms with E-state index >= 15 is 0 Å². The highest BCUT2D eigenvalue weighted by molar-refractivity contribution is 6.09. The van der Waals surface area contributed by atoms with Gasteiger partial charge in [-0.3, -0.25) is 14.6 Å². The minimum absolute atomic E-state index is 0.0550. The van der Waals surface area contributed by atoms with Crippen LogP contribution in [0.5, 0.6) is 11.5 Å². The van der Waals surface area contributed by atoms with E-state index in [1.807, 2.05) is 13.8 Å². The topological polar surface area (TPSA) is 74.2 Å². The SMILES string of the molecule is CCOC(=O)C1C(C)=NC2=C(C(=O)CC(C)(C)C2)[C@H]1c1ccc(OCc2cccc(C(F)(F)F)c2)c(OC)c1. The highest BCUT2D eigenvalue weighted by Gasteiger charge is 2.46. The zero-order valence-corrected chi connectivity index (χ0v) is 22.6. The van der Waals surface area contributed by atoms with Crippen molar-refractivity contribution in [1.82, 2.24) is 0 Å². The number of Topliss-reactive ketones (excluding diaryl/α,β-unsaturated/α-hetero) is 1. The molecule has 39 heavy (non-hydrogen) atoms. The Labute approximate surface area is 225 Å². The van der Waals surface area contributed by atoms with Gasteiger partial charge in [-0.05, 0) is 61.1 Å². The normalized spacial score (nSPS) is 20.7. The summed E-state index contributed by atoms with van der Waals surface area (Å²) in [5, 5.41) is 0. The number of hydrogen-bond donors (Lipinski definition) is 0. The number of carbonyl (C=O) groups excluding carboxylic acids is 2. The first-order valence-corrected chi connectivity index (χ1v) is 12.8. The van der Waals surface area contributed by atoms with Gasteiger partial charge in [0.25, 0.3) is 0 Å². The fourth-order valence-electron chi connectivity index (χ4n) is 5.34. The molecule has 0 spiro atoms. The molecule has 0 saturated heterocycles. The van der Waals surface area contributed by atoms with Gasteiger partial charge in [0, 0.05) is 29.3 Å². The van der Waals surface area contributed by atoms with Crippen LogP contribution in [-0.4, -0.2) is 31.2 Å². The van der Waals surface area contributed by atoms with Crippen molar-refractivity contribution in [1.29, 1.82) is 0 Å². The van der Waals surface area contributed by atoms with Crippen molar-refractivity contribution in [2.24, 2.45) is 16.3 Å². The summed E-state index contributed by atoms with van der Waals surface area (Å²) >= 11 is 0. The average Bonchev–Trinajstić information content (AvgIpc) is 2.85. The Morgan fingerprint density at radius 3 is 2.51 bits per heavy atom. The predicted octanol–water partition coefficient (Wildman–Crippen LogP) is 6.67. The number of halogens is 3. The van der Waals surface area contributed by atoms with E-state index < -0.39 is 29.5 Å². The molecule has 1 aliphatic heterocycles. The molecule has 4 rings (SSSR count). The number of ketones is 1. The Hall–Kier alpha value is -3.62. The number of esters is 1. The molecule has 6 nitrogen and oxygen atoms in total. The number of aliphatic imine (C=N–C) groups is 1. The quantitative estimate of drug-likeness (QED) is 0.365. The van der Waals surface area contributed by atoms with Gasteiger partial charge in [0.15, 0.2) is 17.3 Å². The van der Waals surface area contributed by atoms with Crippen molar-refractivity contribution >= 4 is 17.5 Å². The Kier molecular flexibility index (Phi) is 7.91. The van der Waals surface area contributed by atoms with E-state index in [2.05, 4.69) is 0 Å². The minimum atomic E-state index is -4.45. The molecule has 9 heteroatoms. The Morgan fingerprint density at radius 2 is 1.85 bits per heavy atom. The number of allylic oxidation sites excluding steroid dienone is 2. The van der Waals surface area contributed by atoms with Crippen molar-refractivity contribution in [3.05, 3.63) is 70.4 Å². The van der Waals surface area contributed by atoms with Gasteiger partial charge in [-0.15, -0.1) is 0 Å². The fraction of sp³-hybridized carbons (Fsp3) is 0.433. The predicted molar refractivity (Wildman–Crippen MR) is 140 cm³/mol. The minimum Gasteiger partial charge on any atom is -0.493 e. The Morgan fingerprint density at radius 1 is 1.10 bits per heavy atom. The van der Waals surface area contributed by atoms with Gasteiger partial charge in [-0.2, -0.15) is 13.2 Å². The maximum absolute atomic E-state index is 13.4. The molecule has 2 aromatic rings. The van der Waals surface area contributed by atoms with Crippen LogP contribution >= 0.6 is 0 Å². The third kappa shape index (κ3) is 6.02. The first-order valence-electron chi connectivity index (χ1n) is 12.8. The molecule has 1 heterocycles. The average molecular weight is 544 g/mol. The van der Waals surface area contributed by atoms with E-state index in [4.69, 9.17) is 19.2 Å². The highest BCUT2D eigenvalue weighted by Crippen LogP contribution is 2.49. The van der Waals surface area contributed by atoms with Crippen molar-refractivity contribution in [3.63, 3.8) is 0 Å². The van der Waals surface area contributed by atoms with Crippen LogP contribution in [0.2, 0.25) is 0 Å². The number of benzene rings is 2. The summed E-state index contributed by atoms with van der Waals surface area (Å²) in [6.45, 7) is 7.61. The van der Waals surface area contributed by atoms with Crippen LogP contribution in [0.1, 0.15) is 63.1 Å². The number of carbonyl (C=O) groups is 2. The fourth-order valence-corrected chi connectivity index (χ4v) is 5.34. The lowest BCUT2D eigenvalue weighted by Gasteiger charge is -2.39. The zero-order valence-electron chi connectivity index (χ0n) is 22.6. The maximum Gasteiger partial charge on any atom is 0.416 e. The molecule has 2 atom stereocenters. The van der Waals surface area contributed by atoms with Crippen LogP contribution in [0.3, 0.4) is 0 Å². The number of methoxy groups -OCH3 is 1. The first-order chi connectivity index (χ1) is 18.3. The molecule has 1 aliphatic carbocycles. The molecule has 208 valence electrons. The van der Waals surface area contributed by atoms with Crippen LogP contribution in [0.15, 0.2) is 58.7 Å². The van der Waals surface area contributed by atoms with E-state index in [9.17, 15) is 22.8 Å². The molecule has 0 fully saturated rings. The van der Waals surface area contributed by atoms with Crippen LogP contribution in [-0.2, 0) is 27.1 Å². The van der Waals surface area contributed by atoms with Gasteiger partial charge in [0.05, 0.1) is 19.3 Å². The third-order valence-corrected chi connectivity index (χ3v) is 7.04. The molecule has 1 unspecified atom stereocenters. The lowest BCUT2D eigenvalue weighted by Crippen LogP contribution is -2.39. The number of ether oxygens (including phenoxy) is 3. The van der Waals surface area contributed by atoms with Crippen molar-refractivity contribution < 1.29 is 37.0 Å². The zero-order chi connectivity index (χ0) is 28.5. The largest absolute Gasteiger partial charge is 0.493 e. The summed E-state index contributed by atoms with van der Waals surface area (Å²) < 4.78 is 56.0. The molecule has 0 N–H and O–H groups in total. The van der Waals surface area contributed by atoms with Gasteiger partial charge < -0.3 is 14.2 Å². The van der Waals surface area contributed by atoms with Gasteiger partial charge >= 0.3 is 12.1 Å². The molecule has 0 aromatic heterocycles. The molecule has 2 aromatic carbocycles. The van der Waals surface area contributed by atoms with E-state index in [1.165, 1.54) is 13.2 Å². The number of rotatable bonds is 7. The second kappa shape index (κ2) is 10.9. The van der Waals surface area contributed by atoms with Crippen LogP contribution in [0.25, 0.3) is 0 Å². The van der Waals surface area contributed by atoms with Crippen molar-refractivity contribution in [2.45, 2.75) is 59.2 Å². The molecule has 2 aliphatic rings. The molecule has 0 radical (unpaired) electrons. The van der Waals surface area contributed by atoms with E-state index in [0.717, 1.165) is 12.1 Å². The maximum atomic E-state index is 13.4. The molecule has 0 bridgehead atoms.